The van der Waals surface area contributed by atoms with Crippen molar-refractivity contribution in [3.05, 3.63) is 17.0 Å². The number of nitrogens with one attached hydrogen (secondary N) is 1. The predicted octanol–water partition coefficient (Wildman–Crippen LogP) is 3.10. The standard InChI is InChI=1S/C17H33N3O/c1-6-7-11-21-12-10-20-16(5)17(15(4)19-20)8-9-18-13-14(2)3/h14,18H,6-13H2,1-5H3. The zero-order valence-electron chi connectivity index (χ0n) is 14.5. The van der Waals surface area contributed by atoms with Crippen LogP contribution in [0.4, 0.5) is 0 Å². The lowest BCUT2D eigenvalue weighted by Crippen LogP contribution is -2.22. The van der Waals surface area contributed by atoms with Crippen molar-refractivity contribution in [2.24, 2.45) is 5.92 Å². The summed E-state index contributed by atoms with van der Waals surface area (Å²) in [6, 6.07) is 0. The second kappa shape index (κ2) is 9.96. The molecule has 0 saturated carbocycles. The van der Waals surface area contributed by atoms with E-state index in [0.29, 0.717) is 5.92 Å². The van der Waals surface area contributed by atoms with Crippen molar-refractivity contribution in [1.29, 1.82) is 0 Å². The van der Waals surface area contributed by atoms with Gasteiger partial charge in [-0.05, 0) is 51.3 Å². The third-order valence-corrected chi connectivity index (χ3v) is 3.73. The van der Waals surface area contributed by atoms with E-state index in [1.807, 2.05) is 0 Å². The molecule has 0 aliphatic rings. The van der Waals surface area contributed by atoms with Crippen LogP contribution in [0.25, 0.3) is 0 Å². The monoisotopic (exact) mass is 295 g/mol. The molecule has 0 amide bonds. The third-order valence-electron chi connectivity index (χ3n) is 3.73. The molecule has 0 aromatic carbocycles. The highest BCUT2D eigenvalue weighted by Gasteiger charge is 2.10. The molecule has 1 aromatic rings. The predicted molar refractivity (Wildman–Crippen MR) is 88.8 cm³/mol. The lowest BCUT2D eigenvalue weighted by molar-refractivity contribution is 0.120. The molecule has 0 aliphatic carbocycles. The van der Waals surface area contributed by atoms with Crippen LogP contribution in [-0.4, -0.2) is 36.1 Å². The second-order valence-corrected chi connectivity index (χ2v) is 6.19. The van der Waals surface area contributed by atoms with Crippen LogP contribution in [0.3, 0.4) is 0 Å². The van der Waals surface area contributed by atoms with Crippen LogP contribution in [0.15, 0.2) is 0 Å². The first-order chi connectivity index (χ1) is 10.1. The van der Waals surface area contributed by atoms with Crippen molar-refractivity contribution >= 4 is 0 Å². The van der Waals surface area contributed by atoms with Crippen LogP contribution in [0.2, 0.25) is 0 Å². The van der Waals surface area contributed by atoms with E-state index in [-0.39, 0.29) is 0 Å². The summed E-state index contributed by atoms with van der Waals surface area (Å²) in [5.41, 5.74) is 3.84. The molecule has 0 spiro atoms. The number of aromatic nitrogens is 2. The molecule has 4 heteroatoms. The van der Waals surface area contributed by atoms with E-state index in [2.05, 4.69) is 49.7 Å². The maximum atomic E-state index is 5.63. The van der Waals surface area contributed by atoms with Crippen molar-refractivity contribution in [3.63, 3.8) is 0 Å². The molecular formula is C17H33N3O. The van der Waals surface area contributed by atoms with E-state index in [1.165, 1.54) is 17.7 Å². The Balaban J connectivity index is 2.40. The van der Waals surface area contributed by atoms with Gasteiger partial charge in [-0.3, -0.25) is 4.68 Å². The SMILES string of the molecule is CCCCOCCn1nc(C)c(CCNCC(C)C)c1C. The summed E-state index contributed by atoms with van der Waals surface area (Å²) in [5, 5.41) is 8.15. The van der Waals surface area contributed by atoms with E-state index in [4.69, 9.17) is 4.74 Å². The Bertz CT molecular complexity index is 399. The van der Waals surface area contributed by atoms with E-state index < -0.39 is 0 Å². The van der Waals surface area contributed by atoms with Gasteiger partial charge in [-0.25, -0.2) is 0 Å². The first-order valence-electron chi connectivity index (χ1n) is 8.37. The lowest BCUT2D eigenvalue weighted by atomic mass is 10.1. The van der Waals surface area contributed by atoms with E-state index >= 15 is 0 Å². The smallest absolute Gasteiger partial charge is 0.0662 e. The highest BCUT2D eigenvalue weighted by molar-refractivity contribution is 5.24. The fourth-order valence-corrected chi connectivity index (χ4v) is 2.42. The summed E-state index contributed by atoms with van der Waals surface area (Å²) in [6.45, 7) is 15.5. The first-order valence-corrected chi connectivity index (χ1v) is 8.37. The third kappa shape index (κ3) is 6.62. The number of rotatable bonds is 11. The van der Waals surface area contributed by atoms with Crippen molar-refractivity contribution in [3.8, 4) is 0 Å². The number of ether oxygens (including phenoxy) is 1. The molecule has 0 radical (unpaired) electrons. The Morgan fingerprint density at radius 1 is 1.24 bits per heavy atom. The van der Waals surface area contributed by atoms with Crippen LogP contribution < -0.4 is 5.32 Å². The minimum absolute atomic E-state index is 0.704. The highest BCUT2D eigenvalue weighted by Crippen LogP contribution is 2.13. The molecule has 4 nitrogen and oxygen atoms in total. The summed E-state index contributed by atoms with van der Waals surface area (Å²) in [7, 11) is 0. The topological polar surface area (TPSA) is 39.1 Å². The van der Waals surface area contributed by atoms with Gasteiger partial charge in [0.1, 0.15) is 0 Å². The Kier molecular flexibility index (Phi) is 8.62. The molecule has 1 rings (SSSR count). The molecule has 0 atom stereocenters. The van der Waals surface area contributed by atoms with Crippen molar-refractivity contribution in [1.82, 2.24) is 15.1 Å². The maximum absolute atomic E-state index is 5.63. The Hall–Kier alpha value is -0.870. The molecule has 1 N–H and O–H groups in total. The van der Waals surface area contributed by atoms with Crippen LogP contribution >= 0.6 is 0 Å². The minimum Gasteiger partial charge on any atom is -0.380 e. The molecule has 0 saturated heterocycles. The average Bonchev–Trinajstić information content (AvgIpc) is 2.70. The normalized spacial score (nSPS) is 11.5. The van der Waals surface area contributed by atoms with E-state index in [1.54, 1.807) is 0 Å². The number of nitrogens with zero attached hydrogens (tertiary/aromatic N) is 2. The van der Waals surface area contributed by atoms with Crippen LogP contribution in [0.1, 0.15) is 50.6 Å². The average molecular weight is 295 g/mol. The van der Waals surface area contributed by atoms with Crippen molar-refractivity contribution in [2.45, 2.75) is 60.4 Å². The van der Waals surface area contributed by atoms with E-state index in [0.717, 1.165) is 51.4 Å². The molecule has 0 bridgehead atoms. The summed E-state index contributed by atoms with van der Waals surface area (Å²) < 4.78 is 7.73. The second-order valence-electron chi connectivity index (χ2n) is 6.19. The summed E-state index contributed by atoms with van der Waals surface area (Å²) >= 11 is 0. The van der Waals surface area contributed by atoms with Gasteiger partial charge in [-0.1, -0.05) is 27.2 Å². The number of aryl methyl sites for hydroxylation is 1. The van der Waals surface area contributed by atoms with Gasteiger partial charge in [-0.2, -0.15) is 5.10 Å². The molecule has 1 aromatic heterocycles. The van der Waals surface area contributed by atoms with Crippen LogP contribution in [-0.2, 0) is 17.7 Å². The molecule has 21 heavy (non-hydrogen) atoms. The van der Waals surface area contributed by atoms with Gasteiger partial charge in [0.05, 0.1) is 18.8 Å². The Morgan fingerprint density at radius 2 is 2.00 bits per heavy atom. The summed E-state index contributed by atoms with van der Waals surface area (Å²) in [6.07, 6.45) is 3.39. The zero-order chi connectivity index (χ0) is 15.7. The largest absolute Gasteiger partial charge is 0.380 e. The molecule has 0 aliphatic heterocycles. The fraction of sp³-hybridized carbons (Fsp3) is 0.824. The van der Waals surface area contributed by atoms with Gasteiger partial charge < -0.3 is 10.1 Å². The molecule has 1 heterocycles. The van der Waals surface area contributed by atoms with Gasteiger partial charge in [0.15, 0.2) is 0 Å². The van der Waals surface area contributed by atoms with Gasteiger partial charge in [-0.15, -0.1) is 0 Å². The van der Waals surface area contributed by atoms with Crippen LogP contribution in [0, 0.1) is 19.8 Å². The Labute approximate surface area is 130 Å². The van der Waals surface area contributed by atoms with Crippen LogP contribution in [0.5, 0.6) is 0 Å². The number of hydrogen-bond acceptors (Lipinski definition) is 3. The number of unbranched alkanes of at least 4 members (excludes halogenated alkanes) is 1. The van der Waals surface area contributed by atoms with E-state index in [9.17, 15) is 0 Å². The molecule has 0 unspecified atom stereocenters. The quantitative estimate of drug-likeness (QED) is 0.638. The van der Waals surface area contributed by atoms with Crippen molar-refractivity contribution in [2.75, 3.05) is 26.3 Å². The maximum Gasteiger partial charge on any atom is 0.0662 e. The lowest BCUT2D eigenvalue weighted by Gasteiger charge is -2.08. The summed E-state index contributed by atoms with van der Waals surface area (Å²) in [4.78, 5) is 0. The zero-order valence-corrected chi connectivity index (χ0v) is 14.5. The molecule has 0 fully saturated rings. The van der Waals surface area contributed by atoms with Gasteiger partial charge in [0.2, 0.25) is 0 Å². The molecule has 122 valence electrons. The highest BCUT2D eigenvalue weighted by atomic mass is 16.5. The van der Waals surface area contributed by atoms with Gasteiger partial charge >= 0.3 is 0 Å². The van der Waals surface area contributed by atoms with Gasteiger partial charge in [0.25, 0.3) is 0 Å². The Morgan fingerprint density at radius 3 is 2.67 bits per heavy atom. The minimum atomic E-state index is 0.704. The molecular weight excluding hydrogens is 262 g/mol. The van der Waals surface area contributed by atoms with Gasteiger partial charge in [0, 0.05) is 12.3 Å². The van der Waals surface area contributed by atoms with Crippen molar-refractivity contribution < 1.29 is 4.74 Å². The summed E-state index contributed by atoms with van der Waals surface area (Å²) in [5.74, 6) is 0.704. The fourth-order valence-electron chi connectivity index (χ4n) is 2.42. The number of hydrogen-bond donors (Lipinski definition) is 1. The first kappa shape index (κ1) is 18.2.